The first-order chi connectivity index (χ1) is 15.8. The Hall–Kier alpha value is -2.58. The maximum atomic E-state index is 13.1. The van der Waals surface area contributed by atoms with Crippen molar-refractivity contribution in [2.24, 2.45) is 5.92 Å². The monoisotopic (exact) mass is 504 g/mol. The molecule has 3 aromatic carbocycles. The van der Waals surface area contributed by atoms with Gasteiger partial charge in [-0.1, -0.05) is 41.4 Å². The number of carbonyl (C=O) groups is 1. The lowest BCUT2D eigenvalue weighted by molar-refractivity contribution is -0.120. The van der Waals surface area contributed by atoms with Gasteiger partial charge in [0.15, 0.2) is 0 Å². The largest absolute Gasteiger partial charge is 0.457 e. The average Bonchev–Trinajstić information content (AvgIpc) is 2.82. The molecule has 1 heterocycles. The van der Waals surface area contributed by atoms with E-state index in [9.17, 15) is 13.2 Å². The third-order valence-corrected chi connectivity index (χ3v) is 7.95. The summed E-state index contributed by atoms with van der Waals surface area (Å²) in [5, 5.41) is 3.25. The van der Waals surface area contributed by atoms with Gasteiger partial charge in [-0.3, -0.25) is 4.79 Å². The van der Waals surface area contributed by atoms with E-state index in [1.54, 1.807) is 24.3 Å². The van der Waals surface area contributed by atoms with Crippen LogP contribution < -0.4 is 10.1 Å². The topological polar surface area (TPSA) is 75.7 Å². The van der Waals surface area contributed by atoms with Crippen molar-refractivity contribution in [2.75, 3.05) is 18.4 Å². The predicted molar refractivity (Wildman–Crippen MR) is 130 cm³/mol. The molecule has 0 radical (unpaired) electrons. The molecule has 1 atom stereocenters. The summed E-state index contributed by atoms with van der Waals surface area (Å²) in [6, 6.07) is 20.7. The number of rotatable bonds is 6. The lowest BCUT2D eigenvalue weighted by atomic mass is 9.99. The molecule has 1 amide bonds. The number of halogens is 2. The Morgan fingerprint density at radius 2 is 1.67 bits per heavy atom. The van der Waals surface area contributed by atoms with Gasteiger partial charge in [0.25, 0.3) is 0 Å². The number of amides is 1. The first-order valence-corrected chi connectivity index (χ1v) is 12.6. The highest BCUT2D eigenvalue weighted by Gasteiger charge is 2.34. The highest BCUT2D eigenvalue weighted by Crippen LogP contribution is 2.31. The van der Waals surface area contributed by atoms with Gasteiger partial charge in [-0.05, 0) is 67.4 Å². The van der Waals surface area contributed by atoms with Gasteiger partial charge in [0.1, 0.15) is 16.4 Å². The second-order valence-corrected chi connectivity index (χ2v) is 10.5. The minimum atomic E-state index is -3.87. The molecular formula is C24H22Cl2N2O4S. The smallest absolute Gasteiger partial charge is 0.244 e. The Balaban J connectivity index is 1.41. The second-order valence-electron chi connectivity index (χ2n) is 7.71. The van der Waals surface area contributed by atoms with Gasteiger partial charge in [0.2, 0.25) is 15.9 Å². The van der Waals surface area contributed by atoms with Crippen molar-refractivity contribution in [1.29, 1.82) is 0 Å². The highest BCUT2D eigenvalue weighted by molar-refractivity contribution is 7.89. The summed E-state index contributed by atoms with van der Waals surface area (Å²) < 4.78 is 33.3. The number of hydrogen-bond donors (Lipinski definition) is 1. The molecule has 1 aliphatic rings. The van der Waals surface area contributed by atoms with Gasteiger partial charge in [-0.15, -0.1) is 0 Å². The quantitative estimate of drug-likeness (QED) is 0.458. The molecule has 9 heteroatoms. The Morgan fingerprint density at radius 3 is 2.39 bits per heavy atom. The molecule has 0 saturated carbocycles. The van der Waals surface area contributed by atoms with Crippen molar-refractivity contribution in [1.82, 2.24) is 4.31 Å². The minimum Gasteiger partial charge on any atom is -0.457 e. The van der Waals surface area contributed by atoms with E-state index in [4.69, 9.17) is 27.9 Å². The Bertz CT molecular complexity index is 1240. The van der Waals surface area contributed by atoms with Gasteiger partial charge < -0.3 is 10.1 Å². The highest BCUT2D eigenvalue weighted by atomic mass is 35.5. The summed E-state index contributed by atoms with van der Waals surface area (Å²) in [5.41, 5.74) is 0.610. The van der Waals surface area contributed by atoms with E-state index in [-0.39, 0.29) is 27.4 Å². The standard InChI is InChI=1S/C24H22Cl2N2O4S/c25-18-8-13-22(26)23(15-18)33(30,31)28-14-4-5-17(16-28)24(29)27-19-9-11-21(12-10-19)32-20-6-2-1-3-7-20/h1-3,6-13,15,17H,4-5,14,16H2,(H,27,29)/t17-/m1/s1. The summed E-state index contributed by atoms with van der Waals surface area (Å²) in [5.74, 6) is 0.653. The van der Waals surface area contributed by atoms with Crippen LogP contribution in [0, 0.1) is 5.92 Å². The number of carbonyl (C=O) groups excluding carboxylic acids is 1. The Kier molecular flexibility index (Phi) is 7.24. The lowest BCUT2D eigenvalue weighted by Gasteiger charge is -2.31. The summed E-state index contributed by atoms with van der Waals surface area (Å²) >= 11 is 12.1. The van der Waals surface area contributed by atoms with Crippen molar-refractivity contribution in [3.05, 3.63) is 82.8 Å². The number of hydrogen-bond acceptors (Lipinski definition) is 4. The molecular weight excluding hydrogens is 483 g/mol. The summed E-state index contributed by atoms with van der Waals surface area (Å²) in [6.07, 6.45) is 1.16. The number of piperidine rings is 1. The predicted octanol–water partition coefficient (Wildman–Crippen LogP) is 5.83. The zero-order valence-corrected chi connectivity index (χ0v) is 19.9. The molecule has 1 N–H and O–H groups in total. The van der Waals surface area contributed by atoms with Gasteiger partial charge in [0, 0.05) is 23.8 Å². The van der Waals surface area contributed by atoms with Crippen molar-refractivity contribution in [2.45, 2.75) is 17.7 Å². The first-order valence-electron chi connectivity index (χ1n) is 10.4. The molecule has 172 valence electrons. The number of benzene rings is 3. The molecule has 1 saturated heterocycles. The molecule has 4 rings (SSSR count). The van der Waals surface area contributed by atoms with Crippen LogP contribution in [0.25, 0.3) is 0 Å². The normalized spacial score (nSPS) is 16.8. The van der Waals surface area contributed by atoms with Crippen molar-refractivity contribution < 1.29 is 17.9 Å². The van der Waals surface area contributed by atoms with Crippen LogP contribution >= 0.6 is 23.2 Å². The fraction of sp³-hybridized carbons (Fsp3) is 0.208. The van der Waals surface area contributed by atoms with Gasteiger partial charge >= 0.3 is 0 Å². The molecule has 0 unspecified atom stereocenters. The zero-order chi connectivity index (χ0) is 23.4. The van der Waals surface area contributed by atoms with Crippen LogP contribution in [0.1, 0.15) is 12.8 Å². The van der Waals surface area contributed by atoms with Crippen LogP contribution in [-0.4, -0.2) is 31.7 Å². The fourth-order valence-corrected chi connectivity index (χ4v) is 5.92. The van der Waals surface area contributed by atoms with Gasteiger partial charge in [0.05, 0.1) is 10.9 Å². The SMILES string of the molecule is O=C(Nc1ccc(Oc2ccccc2)cc1)[C@@H]1CCCN(S(=O)(=O)c2cc(Cl)ccc2Cl)C1. The molecule has 1 fully saturated rings. The number of nitrogens with zero attached hydrogens (tertiary/aromatic N) is 1. The third-order valence-electron chi connectivity index (χ3n) is 5.37. The van der Waals surface area contributed by atoms with E-state index in [0.29, 0.717) is 30.8 Å². The molecule has 0 aliphatic carbocycles. The molecule has 33 heavy (non-hydrogen) atoms. The van der Waals surface area contributed by atoms with Gasteiger partial charge in [-0.2, -0.15) is 4.31 Å². The number of sulfonamides is 1. The minimum absolute atomic E-state index is 0.0493. The van der Waals surface area contributed by atoms with Crippen molar-refractivity contribution in [3.8, 4) is 11.5 Å². The number of anilines is 1. The Labute approximate surface area is 203 Å². The van der Waals surface area contributed by atoms with Crippen LogP contribution in [-0.2, 0) is 14.8 Å². The Morgan fingerprint density at radius 1 is 0.970 bits per heavy atom. The van der Waals surface area contributed by atoms with E-state index < -0.39 is 15.9 Å². The van der Waals surface area contributed by atoms with E-state index >= 15 is 0 Å². The van der Waals surface area contributed by atoms with Crippen LogP contribution in [0.4, 0.5) is 5.69 Å². The van der Waals surface area contributed by atoms with Crippen LogP contribution in [0.3, 0.4) is 0 Å². The number of para-hydroxylation sites is 1. The summed E-state index contributed by atoms with van der Waals surface area (Å²) in [4.78, 5) is 12.8. The van der Waals surface area contributed by atoms with E-state index in [0.717, 1.165) is 5.75 Å². The first kappa shape index (κ1) is 23.6. The molecule has 6 nitrogen and oxygen atoms in total. The maximum absolute atomic E-state index is 13.1. The molecule has 3 aromatic rings. The number of nitrogens with one attached hydrogen (secondary N) is 1. The number of ether oxygens (including phenoxy) is 1. The average molecular weight is 505 g/mol. The lowest BCUT2D eigenvalue weighted by Crippen LogP contribution is -2.43. The van der Waals surface area contributed by atoms with Gasteiger partial charge in [-0.25, -0.2) is 8.42 Å². The zero-order valence-electron chi connectivity index (χ0n) is 17.6. The van der Waals surface area contributed by atoms with E-state index in [1.165, 1.54) is 22.5 Å². The van der Waals surface area contributed by atoms with Crippen LogP contribution in [0.2, 0.25) is 10.0 Å². The summed E-state index contributed by atoms with van der Waals surface area (Å²) in [7, 11) is -3.87. The van der Waals surface area contributed by atoms with Crippen molar-refractivity contribution >= 4 is 44.8 Å². The summed E-state index contributed by atoms with van der Waals surface area (Å²) in [6.45, 7) is 0.396. The van der Waals surface area contributed by atoms with E-state index in [1.807, 2.05) is 30.3 Å². The molecule has 1 aliphatic heterocycles. The third kappa shape index (κ3) is 5.68. The van der Waals surface area contributed by atoms with Crippen LogP contribution in [0.15, 0.2) is 77.7 Å². The molecule has 0 aromatic heterocycles. The van der Waals surface area contributed by atoms with Crippen molar-refractivity contribution in [3.63, 3.8) is 0 Å². The second kappa shape index (κ2) is 10.1. The van der Waals surface area contributed by atoms with Crippen LogP contribution in [0.5, 0.6) is 11.5 Å². The van der Waals surface area contributed by atoms with E-state index in [2.05, 4.69) is 5.32 Å². The maximum Gasteiger partial charge on any atom is 0.244 e. The fourth-order valence-electron chi connectivity index (χ4n) is 3.66. The molecule has 0 spiro atoms. The molecule has 0 bridgehead atoms.